The Morgan fingerprint density at radius 1 is 0.921 bits per heavy atom. The summed E-state index contributed by atoms with van der Waals surface area (Å²) in [5, 5.41) is 3.41. The highest BCUT2D eigenvalue weighted by Gasteiger charge is 2.33. The van der Waals surface area contributed by atoms with Crippen molar-refractivity contribution in [2.24, 2.45) is 0 Å². The van der Waals surface area contributed by atoms with Crippen LogP contribution in [-0.2, 0) is 32.6 Å². The number of hydrogen-bond donors (Lipinski definition) is 1. The molecule has 0 aliphatic rings. The number of anilines is 1. The van der Waals surface area contributed by atoms with Gasteiger partial charge in [0.25, 0.3) is 0 Å². The SMILES string of the molecule is CNC(=O)C(Cc1ccccc1)N(Cc1ccc(Cl)cc1Cl)C(=O)CN(c1cccc(Cl)c1Cl)S(C)(=O)=O. The van der Waals surface area contributed by atoms with Crippen LogP contribution < -0.4 is 9.62 Å². The maximum Gasteiger partial charge on any atom is 0.244 e. The summed E-state index contributed by atoms with van der Waals surface area (Å²) in [6.07, 6.45) is 1.13. The van der Waals surface area contributed by atoms with E-state index in [0.29, 0.717) is 15.6 Å². The lowest BCUT2D eigenvalue weighted by molar-refractivity contribution is -0.139. The number of sulfonamides is 1. The Balaban J connectivity index is 2.08. The minimum Gasteiger partial charge on any atom is -0.357 e. The standard InChI is InChI=1S/C26H25Cl4N3O4S/c1-31-26(35)23(13-17-7-4-3-5-8-17)32(15-18-11-12-19(27)14-21(18)29)24(34)16-33(38(2,36)37)22-10-6-9-20(28)25(22)30/h3-12,14,23H,13,15-16H2,1-2H3,(H,31,35). The summed E-state index contributed by atoms with van der Waals surface area (Å²) in [5.41, 5.74) is 1.37. The fourth-order valence-corrected chi connectivity index (χ4v) is 5.60. The molecule has 3 aromatic rings. The number of nitrogens with one attached hydrogen (secondary N) is 1. The van der Waals surface area contributed by atoms with Gasteiger partial charge in [-0.15, -0.1) is 0 Å². The molecule has 0 bridgehead atoms. The Bertz CT molecular complexity index is 1420. The molecule has 12 heteroatoms. The third-order valence-corrected chi connectivity index (χ3v) is 8.27. The van der Waals surface area contributed by atoms with Crippen molar-refractivity contribution in [2.45, 2.75) is 19.0 Å². The van der Waals surface area contributed by atoms with Crippen LogP contribution in [-0.4, -0.2) is 51.0 Å². The van der Waals surface area contributed by atoms with Crippen molar-refractivity contribution >= 4 is 73.9 Å². The highest BCUT2D eigenvalue weighted by molar-refractivity contribution is 7.92. The van der Waals surface area contributed by atoms with Crippen molar-refractivity contribution in [3.63, 3.8) is 0 Å². The van der Waals surface area contributed by atoms with Crippen LogP contribution in [0.15, 0.2) is 66.7 Å². The normalized spacial score (nSPS) is 12.1. The van der Waals surface area contributed by atoms with Crippen molar-refractivity contribution < 1.29 is 18.0 Å². The quantitative estimate of drug-likeness (QED) is 0.328. The number of benzene rings is 3. The van der Waals surface area contributed by atoms with Crippen molar-refractivity contribution in [3.8, 4) is 0 Å². The fourth-order valence-electron chi connectivity index (χ4n) is 3.83. The molecule has 3 rings (SSSR count). The number of hydrogen-bond acceptors (Lipinski definition) is 4. The monoisotopic (exact) mass is 615 g/mol. The second-order valence-corrected chi connectivity index (χ2v) is 12.0. The van der Waals surface area contributed by atoms with Crippen LogP contribution in [0.4, 0.5) is 5.69 Å². The molecule has 0 aromatic heterocycles. The number of carbonyl (C=O) groups excluding carboxylic acids is 2. The average Bonchev–Trinajstić information content (AvgIpc) is 2.87. The number of halogens is 4. The third-order valence-electron chi connectivity index (χ3n) is 5.75. The highest BCUT2D eigenvalue weighted by Crippen LogP contribution is 2.34. The highest BCUT2D eigenvalue weighted by atomic mass is 35.5. The van der Waals surface area contributed by atoms with Crippen molar-refractivity contribution in [3.05, 3.63) is 97.9 Å². The summed E-state index contributed by atoms with van der Waals surface area (Å²) in [6, 6.07) is 17.5. The first-order valence-electron chi connectivity index (χ1n) is 11.3. The molecule has 7 nitrogen and oxygen atoms in total. The van der Waals surface area contributed by atoms with E-state index in [4.69, 9.17) is 46.4 Å². The predicted octanol–water partition coefficient (Wildman–Crippen LogP) is 5.45. The number of likely N-dealkylation sites (N-methyl/N-ethyl adjacent to an activating group) is 1. The number of amides is 2. The second-order valence-electron chi connectivity index (χ2n) is 8.42. The zero-order valence-electron chi connectivity index (χ0n) is 20.5. The molecule has 1 N–H and O–H groups in total. The van der Waals surface area contributed by atoms with Gasteiger partial charge >= 0.3 is 0 Å². The fraction of sp³-hybridized carbons (Fsp3) is 0.231. The van der Waals surface area contributed by atoms with Crippen LogP contribution in [0.5, 0.6) is 0 Å². The van der Waals surface area contributed by atoms with Crippen molar-refractivity contribution in [2.75, 3.05) is 24.2 Å². The van der Waals surface area contributed by atoms with Gasteiger partial charge in [-0.25, -0.2) is 8.42 Å². The van der Waals surface area contributed by atoms with Gasteiger partial charge in [0.2, 0.25) is 21.8 Å². The largest absolute Gasteiger partial charge is 0.357 e. The van der Waals surface area contributed by atoms with Crippen LogP contribution in [0.2, 0.25) is 20.1 Å². The topological polar surface area (TPSA) is 86.8 Å². The van der Waals surface area contributed by atoms with Gasteiger partial charge in [0.05, 0.1) is 22.0 Å². The van der Waals surface area contributed by atoms with E-state index in [1.807, 2.05) is 30.3 Å². The molecule has 0 spiro atoms. The van der Waals surface area contributed by atoms with E-state index in [0.717, 1.165) is 16.1 Å². The lowest BCUT2D eigenvalue weighted by Crippen LogP contribution is -2.53. The molecule has 0 aliphatic carbocycles. The maximum atomic E-state index is 13.9. The van der Waals surface area contributed by atoms with Crippen LogP contribution in [0.25, 0.3) is 0 Å². The molecule has 0 saturated heterocycles. The lowest BCUT2D eigenvalue weighted by Gasteiger charge is -2.33. The molecule has 1 unspecified atom stereocenters. The minimum absolute atomic E-state index is 0.0215. The molecule has 202 valence electrons. The molecule has 3 aromatic carbocycles. The summed E-state index contributed by atoms with van der Waals surface area (Å²) in [6.45, 7) is -0.715. The van der Waals surface area contributed by atoms with E-state index in [9.17, 15) is 18.0 Å². The summed E-state index contributed by atoms with van der Waals surface area (Å²) in [7, 11) is -2.52. The van der Waals surface area contributed by atoms with E-state index in [-0.39, 0.29) is 28.7 Å². The van der Waals surface area contributed by atoms with E-state index in [2.05, 4.69) is 5.32 Å². The Morgan fingerprint density at radius 3 is 2.21 bits per heavy atom. The Hall–Kier alpha value is -2.49. The first-order valence-corrected chi connectivity index (χ1v) is 14.7. The molecule has 0 aliphatic heterocycles. The Kier molecular flexibility index (Phi) is 10.3. The Morgan fingerprint density at radius 2 is 1.61 bits per heavy atom. The molecule has 1 atom stereocenters. The zero-order chi connectivity index (χ0) is 28.0. The molecular weight excluding hydrogens is 592 g/mol. The molecule has 0 fully saturated rings. The number of nitrogens with zero attached hydrogens (tertiary/aromatic N) is 2. The van der Waals surface area contributed by atoms with Gasteiger partial charge in [0.15, 0.2) is 0 Å². The molecule has 0 radical (unpaired) electrons. The first kappa shape index (κ1) is 30.1. The summed E-state index contributed by atoms with van der Waals surface area (Å²) in [5.74, 6) is -1.08. The molecule has 0 saturated carbocycles. The molecular formula is C26H25Cl4N3O4S. The van der Waals surface area contributed by atoms with Gasteiger partial charge in [0.1, 0.15) is 12.6 Å². The smallest absolute Gasteiger partial charge is 0.244 e. The Labute approximate surface area is 242 Å². The zero-order valence-corrected chi connectivity index (χ0v) is 24.3. The maximum absolute atomic E-state index is 13.9. The van der Waals surface area contributed by atoms with Crippen LogP contribution in [0, 0.1) is 0 Å². The van der Waals surface area contributed by atoms with Crippen LogP contribution in [0.1, 0.15) is 11.1 Å². The summed E-state index contributed by atoms with van der Waals surface area (Å²) < 4.78 is 26.4. The van der Waals surface area contributed by atoms with E-state index < -0.39 is 34.4 Å². The lowest BCUT2D eigenvalue weighted by atomic mass is 10.0. The summed E-state index contributed by atoms with van der Waals surface area (Å²) in [4.78, 5) is 28.3. The molecule has 38 heavy (non-hydrogen) atoms. The molecule has 2 amide bonds. The van der Waals surface area contributed by atoms with Gasteiger partial charge in [-0.3, -0.25) is 13.9 Å². The van der Waals surface area contributed by atoms with E-state index >= 15 is 0 Å². The van der Waals surface area contributed by atoms with Gasteiger partial charge in [-0.05, 0) is 35.4 Å². The van der Waals surface area contributed by atoms with Crippen LogP contribution >= 0.6 is 46.4 Å². The summed E-state index contributed by atoms with van der Waals surface area (Å²) >= 11 is 24.9. The number of carbonyl (C=O) groups is 2. The minimum atomic E-state index is -3.98. The first-order chi connectivity index (χ1) is 17.9. The van der Waals surface area contributed by atoms with E-state index in [1.54, 1.807) is 12.1 Å². The number of rotatable bonds is 10. The van der Waals surface area contributed by atoms with Gasteiger partial charge in [-0.1, -0.05) is 88.9 Å². The average molecular weight is 617 g/mol. The van der Waals surface area contributed by atoms with Crippen LogP contribution in [0.3, 0.4) is 0 Å². The molecule has 0 heterocycles. The van der Waals surface area contributed by atoms with E-state index in [1.165, 1.54) is 36.2 Å². The van der Waals surface area contributed by atoms with Crippen molar-refractivity contribution in [1.29, 1.82) is 0 Å². The second kappa shape index (κ2) is 13.0. The van der Waals surface area contributed by atoms with Crippen molar-refractivity contribution in [1.82, 2.24) is 10.2 Å². The third kappa shape index (κ3) is 7.55. The van der Waals surface area contributed by atoms with Gasteiger partial charge in [-0.2, -0.15) is 0 Å². The van der Waals surface area contributed by atoms with Gasteiger partial charge < -0.3 is 10.2 Å². The predicted molar refractivity (Wildman–Crippen MR) is 154 cm³/mol. The van der Waals surface area contributed by atoms with Gasteiger partial charge in [0, 0.05) is 30.1 Å².